The van der Waals surface area contributed by atoms with Crippen LogP contribution in [0.5, 0.6) is 0 Å². The first kappa shape index (κ1) is 26.5. The molecule has 2 aromatic carbocycles. The molecule has 0 atom stereocenters. The van der Waals surface area contributed by atoms with Crippen molar-refractivity contribution >= 4 is 63.0 Å². The van der Waals surface area contributed by atoms with E-state index in [2.05, 4.69) is 49.4 Å². The first-order valence-electron chi connectivity index (χ1n) is 12.5. The van der Waals surface area contributed by atoms with Crippen molar-refractivity contribution in [3.8, 4) is 16.9 Å². The van der Waals surface area contributed by atoms with E-state index in [-0.39, 0.29) is 26.3 Å². The molecule has 0 saturated carbocycles. The van der Waals surface area contributed by atoms with Crippen LogP contribution in [0, 0.1) is 0 Å². The van der Waals surface area contributed by atoms with Crippen molar-refractivity contribution in [2.24, 2.45) is 0 Å². The summed E-state index contributed by atoms with van der Waals surface area (Å²) in [6, 6.07) is 16.5. The quantitative estimate of drug-likeness (QED) is 0.260. The van der Waals surface area contributed by atoms with E-state index in [1.165, 1.54) is 10.9 Å². The topological polar surface area (TPSA) is 92.1 Å². The summed E-state index contributed by atoms with van der Waals surface area (Å²) in [6.07, 6.45) is 3.03. The number of nitrogens with zero attached hydrogens (tertiary/aromatic N) is 7. The minimum atomic E-state index is -0.461. The Morgan fingerprint density at radius 1 is 0.900 bits per heavy atom. The van der Waals surface area contributed by atoms with E-state index >= 15 is 0 Å². The van der Waals surface area contributed by atoms with Crippen molar-refractivity contribution in [2.45, 2.75) is 0 Å². The predicted molar refractivity (Wildman–Crippen MR) is 161 cm³/mol. The number of para-hydroxylation sites is 1. The number of rotatable bonds is 5. The highest BCUT2D eigenvalue weighted by Gasteiger charge is 2.20. The van der Waals surface area contributed by atoms with Gasteiger partial charge in [0, 0.05) is 55.5 Å². The zero-order chi connectivity index (χ0) is 27.8. The fraction of sp³-hybridized carbons (Fsp3) is 0.179. The molecule has 12 heteroatoms. The maximum absolute atomic E-state index is 13.6. The van der Waals surface area contributed by atoms with Crippen molar-refractivity contribution in [2.75, 3.05) is 43.4 Å². The van der Waals surface area contributed by atoms with Crippen LogP contribution in [-0.4, -0.2) is 62.9 Å². The van der Waals surface area contributed by atoms with Gasteiger partial charge in [0.05, 0.1) is 15.4 Å². The van der Waals surface area contributed by atoms with Crippen LogP contribution in [0.2, 0.25) is 15.2 Å². The molecule has 202 valence electrons. The average molecular weight is 594 g/mol. The SMILES string of the molecule is CN1CCN(c2ccc(Nc3ncc4c(=O)n(-c5c(Cl)cccc5Cl)nc(-c5ccnc(Cl)c5)c4n3)cc2)CC1. The van der Waals surface area contributed by atoms with Gasteiger partial charge in [0.15, 0.2) is 0 Å². The van der Waals surface area contributed by atoms with Crippen molar-refractivity contribution in [3.05, 3.63) is 92.5 Å². The molecule has 0 bridgehead atoms. The molecule has 5 aromatic rings. The number of halogens is 3. The second-order valence-electron chi connectivity index (χ2n) is 9.42. The van der Waals surface area contributed by atoms with Crippen LogP contribution in [0.25, 0.3) is 27.8 Å². The van der Waals surface area contributed by atoms with Crippen LogP contribution >= 0.6 is 34.8 Å². The Kier molecular flexibility index (Phi) is 7.29. The van der Waals surface area contributed by atoms with E-state index in [4.69, 9.17) is 39.8 Å². The number of pyridine rings is 1. The normalized spacial score (nSPS) is 14.1. The van der Waals surface area contributed by atoms with E-state index in [0.717, 1.165) is 37.6 Å². The van der Waals surface area contributed by atoms with Crippen molar-refractivity contribution in [3.63, 3.8) is 0 Å². The number of fused-ring (bicyclic) bond motifs is 1. The summed E-state index contributed by atoms with van der Waals surface area (Å²) in [6.45, 7) is 4.05. The Morgan fingerprint density at radius 3 is 2.33 bits per heavy atom. The minimum Gasteiger partial charge on any atom is -0.369 e. The molecular weight excluding hydrogens is 571 g/mol. The third-order valence-corrected chi connectivity index (χ3v) is 7.59. The Balaban J connectivity index is 1.41. The van der Waals surface area contributed by atoms with E-state index < -0.39 is 5.56 Å². The molecule has 0 unspecified atom stereocenters. The molecule has 0 aliphatic carbocycles. The number of nitrogens with one attached hydrogen (secondary N) is 1. The number of hydrogen-bond acceptors (Lipinski definition) is 8. The second kappa shape index (κ2) is 11.0. The summed E-state index contributed by atoms with van der Waals surface area (Å²) in [5.74, 6) is 0.316. The molecule has 6 rings (SSSR count). The maximum Gasteiger partial charge on any atom is 0.282 e. The van der Waals surface area contributed by atoms with Crippen molar-refractivity contribution in [1.82, 2.24) is 29.6 Å². The molecule has 9 nitrogen and oxygen atoms in total. The van der Waals surface area contributed by atoms with Gasteiger partial charge in [0.2, 0.25) is 5.95 Å². The number of aromatic nitrogens is 5. The fourth-order valence-corrected chi connectivity index (χ4v) is 5.35. The lowest BCUT2D eigenvalue weighted by Crippen LogP contribution is -2.44. The van der Waals surface area contributed by atoms with Crippen LogP contribution in [0.1, 0.15) is 0 Å². The highest BCUT2D eigenvalue weighted by atomic mass is 35.5. The van der Waals surface area contributed by atoms with Gasteiger partial charge in [-0.15, -0.1) is 0 Å². The molecular formula is C28H23Cl3N8O. The largest absolute Gasteiger partial charge is 0.369 e. The average Bonchev–Trinajstić information content (AvgIpc) is 2.95. The molecule has 0 amide bonds. The zero-order valence-corrected chi connectivity index (χ0v) is 23.6. The highest BCUT2D eigenvalue weighted by molar-refractivity contribution is 6.37. The zero-order valence-electron chi connectivity index (χ0n) is 21.4. The van der Waals surface area contributed by atoms with Crippen LogP contribution in [0.4, 0.5) is 17.3 Å². The van der Waals surface area contributed by atoms with E-state index in [0.29, 0.717) is 22.7 Å². The molecule has 0 spiro atoms. The molecule has 0 radical (unpaired) electrons. The van der Waals surface area contributed by atoms with Crippen LogP contribution in [0.3, 0.4) is 0 Å². The predicted octanol–water partition coefficient (Wildman–Crippen LogP) is 5.69. The maximum atomic E-state index is 13.6. The van der Waals surface area contributed by atoms with Gasteiger partial charge in [0.1, 0.15) is 22.1 Å². The van der Waals surface area contributed by atoms with E-state index in [1.807, 2.05) is 12.1 Å². The Labute approximate surface area is 245 Å². The van der Waals surface area contributed by atoms with Gasteiger partial charge in [-0.05, 0) is 55.6 Å². The molecule has 1 saturated heterocycles. The minimum absolute atomic E-state index is 0.241. The summed E-state index contributed by atoms with van der Waals surface area (Å²) in [5.41, 5.74) is 3.14. The number of piperazine rings is 1. The Morgan fingerprint density at radius 2 is 1.62 bits per heavy atom. The van der Waals surface area contributed by atoms with Crippen LogP contribution in [0.15, 0.2) is 71.8 Å². The third-order valence-electron chi connectivity index (χ3n) is 6.78. The lowest BCUT2D eigenvalue weighted by atomic mass is 10.1. The lowest BCUT2D eigenvalue weighted by molar-refractivity contribution is 0.313. The molecule has 1 fully saturated rings. The van der Waals surface area contributed by atoms with Gasteiger partial charge in [0.25, 0.3) is 5.56 Å². The van der Waals surface area contributed by atoms with E-state index in [1.54, 1.807) is 36.5 Å². The van der Waals surface area contributed by atoms with Gasteiger partial charge < -0.3 is 15.1 Å². The van der Waals surface area contributed by atoms with Gasteiger partial charge in [-0.3, -0.25) is 4.79 Å². The summed E-state index contributed by atoms with van der Waals surface area (Å²) >= 11 is 19.1. The molecule has 4 heterocycles. The molecule has 1 N–H and O–H groups in total. The smallest absolute Gasteiger partial charge is 0.282 e. The molecule has 3 aromatic heterocycles. The summed E-state index contributed by atoms with van der Waals surface area (Å²) in [7, 11) is 2.14. The molecule has 40 heavy (non-hydrogen) atoms. The van der Waals surface area contributed by atoms with Crippen molar-refractivity contribution in [1.29, 1.82) is 0 Å². The number of anilines is 3. The first-order chi connectivity index (χ1) is 19.4. The first-order valence-corrected chi connectivity index (χ1v) is 13.7. The Hall–Kier alpha value is -3.76. The number of likely N-dealkylation sites (N-methyl/N-ethyl adjacent to an activating group) is 1. The van der Waals surface area contributed by atoms with Gasteiger partial charge in [-0.25, -0.2) is 15.0 Å². The summed E-state index contributed by atoms with van der Waals surface area (Å²) < 4.78 is 1.17. The van der Waals surface area contributed by atoms with Gasteiger partial charge >= 0.3 is 0 Å². The fourth-order valence-electron chi connectivity index (χ4n) is 4.62. The number of hydrogen-bond donors (Lipinski definition) is 1. The Bertz CT molecular complexity index is 1750. The summed E-state index contributed by atoms with van der Waals surface area (Å²) in [4.78, 5) is 31.5. The monoisotopic (exact) mass is 592 g/mol. The van der Waals surface area contributed by atoms with Crippen molar-refractivity contribution < 1.29 is 0 Å². The standard InChI is InChI=1S/C28H23Cl3N8O/c1-37-11-13-38(14-12-37)19-7-5-18(6-8-19)34-28-33-16-20-25(35-28)24(17-9-10-32-23(31)15-17)36-39(27(20)40)26-21(29)3-2-4-22(26)30/h2-10,15-16H,11-14H2,1H3,(H,33,34,35). The molecule has 1 aliphatic heterocycles. The molecule has 1 aliphatic rings. The summed E-state index contributed by atoms with van der Waals surface area (Å²) in [5, 5.41) is 8.95. The second-order valence-corrected chi connectivity index (χ2v) is 10.6. The lowest BCUT2D eigenvalue weighted by Gasteiger charge is -2.34. The highest BCUT2D eigenvalue weighted by Crippen LogP contribution is 2.31. The van der Waals surface area contributed by atoms with Crippen LogP contribution in [-0.2, 0) is 0 Å². The third kappa shape index (κ3) is 5.21. The van der Waals surface area contributed by atoms with Crippen LogP contribution < -0.4 is 15.8 Å². The van der Waals surface area contributed by atoms with Gasteiger partial charge in [-0.1, -0.05) is 40.9 Å². The number of benzene rings is 2. The van der Waals surface area contributed by atoms with E-state index in [9.17, 15) is 4.79 Å². The van der Waals surface area contributed by atoms with Gasteiger partial charge in [-0.2, -0.15) is 9.78 Å².